The molecule has 1 atom stereocenters. The molecule has 2 amide bonds. The SMILES string of the molecule is CC(C)C(C#N)NC(=O)CNC(=O)c1c[nH]c2ccccc2c1=O. The van der Waals surface area contributed by atoms with E-state index in [1.165, 1.54) is 6.20 Å². The zero-order chi connectivity index (χ0) is 17.7. The summed E-state index contributed by atoms with van der Waals surface area (Å²) in [6.45, 7) is 3.30. The zero-order valence-electron chi connectivity index (χ0n) is 13.4. The fourth-order valence-corrected chi connectivity index (χ4v) is 2.16. The van der Waals surface area contributed by atoms with Gasteiger partial charge in [0.2, 0.25) is 11.3 Å². The lowest BCUT2D eigenvalue weighted by Crippen LogP contribution is -2.44. The van der Waals surface area contributed by atoms with E-state index in [1.807, 2.05) is 6.07 Å². The molecule has 1 aromatic carbocycles. The van der Waals surface area contributed by atoms with Crippen molar-refractivity contribution in [3.05, 3.63) is 46.2 Å². The van der Waals surface area contributed by atoms with Crippen molar-refractivity contribution in [2.75, 3.05) is 6.54 Å². The number of fused-ring (bicyclic) bond motifs is 1. The molecular weight excluding hydrogens is 308 g/mol. The first-order valence-corrected chi connectivity index (χ1v) is 7.51. The monoisotopic (exact) mass is 326 g/mol. The molecule has 0 spiro atoms. The Labute approximate surface area is 138 Å². The van der Waals surface area contributed by atoms with Gasteiger partial charge in [-0.25, -0.2) is 0 Å². The number of nitrogens with zero attached hydrogens (tertiary/aromatic N) is 1. The highest BCUT2D eigenvalue weighted by atomic mass is 16.2. The van der Waals surface area contributed by atoms with Gasteiger partial charge in [-0.05, 0) is 18.1 Å². The standard InChI is InChI=1S/C17H18N4O3/c1-10(2)14(7-18)21-15(22)9-20-17(24)12-8-19-13-6-4-3-5-11(13)16(12)23/h3-6,8,10,14H,9H2,1-2H3,(H,19,23)(H,20,24)(H,21,22). The number of H-pyrrole nitrogens is 1. The van der Waals surface area contributed by atoms with Crippen molar-refractivity contribution < 1.29 is 9.59 Å². The average Bonchev–Trinajstić information content (AvgIpc) is 2.57. The van der Waals surface area contributed by atoms with Gasteiger partial charge in [0.25, 0.3) is 5.91 Å². The summed E-state index contributed by atoms with van der Waals surface area (Å²) in [5.74, 6) is -1.17. The number of nitriles is 1. The van der Waals surface area contributed by atoms with Gasteiger partial charge in [0.15, 0.2) is 0 Å². The molecule has 1 unspecified atom stereocenters. The van der Waals surface area contributed by atoms with E-state index in [9.17, 15) is 14.4 Å². The molecule has 0 radical (unpaired) electrons. The van der Waals surface area contributed by atoms with Crippen LogP contribution in [0.5, 0.6) is 0 Å². The molecule has 0 aliphatic carbocycles. The van der Waals surface area contributed by atoms with Crippen molar-refractivity contribution in [2.24, 2.45) is 5.92 Å². The Morgan fingerprint density at radius 3 is 2.67 bits per heavy atom. The Kier molecular flexibility index (Phi) is 5.32. The van der Waals surface area contributed by atoms with Crippen molar-refractivity contribution in [1.29, 1.82) is 5.26 Å². The fraction of sp³-hybridized carbons (Fsp3) is 0.294. The molecule has 2 rings (SSSR count). The number of aromatic amines is 1. The Balaban J connectivity index is 2.06. The van der Waals surface area contributed by atoms with E-state index < -0.39 is 23.3 Å². The summed E-state index contributed by atoms with van der Waals surface area (Å²) in [5.41, 5.74) is 0.159. The number of aromatic nitrogens is 1. The van der Waals surface area contributed by atoms with Gasteiger partial charge in [0.1, 0.15) is 11.6 Å². The number of rotatable bonds is 5. The first-order chi connectivity index (χ1) is 11.4. The number of carbonyl (C=O) groups is 2. The number of benzene rings is 1. The third-order valence-corrected chi connectivity index (χ3v) is 3.56. The van der Waals surface area contributed by atoms with Gasteiger partial charge in [0, 0.05) is 17.1 Å². The molecule has 0 saturated carbocycles. The van der Waals surface area contributed by atoms with Gasteiger partial charge in [-0.15, -0.1) is 0 Å². The number of pyridine rings is 1. The topological polar surface area (TPSA) is 115 Å². The Morgan fingerprint density at radius 2 is 2.00 bits per heavy atom. The number of hydrogen-bond acceptors (Lipinski definition) is 4. The van der Waals surface area contributed by atoms with Crippen LogP contribution in [0.4, 0.5) is 0 Å². The predicted molar refractivity (Wildman–Crippen MR) is 89.3 cm³/mol. The highest BCUT2D eigenvalue weighted by Gasteiger charge is 2.17. The smallest absolute Gasteiger partial charge is 0.257 e. The minimum absolute atomic E-state index is 0.0435. The Hall–Kier alpha value is -3.14. The van der Waals surface area contributed by atoms with Gasteiger partial charge in [-0.2, -0.15) is 5.26 Å². The van der Waals surface area contributed by atoms with Crippen LogP contribution in [-0.2, 0) is 4.79 Å². The maximum atomic E-state index is 12.3. The van der Waals surface area contributed by atoms with Crippen LogP contribution in [0.3, 0.4) is 0 Å². The van der Waals surface area contributed by atoms with Gasteiger partial charge in [-0.3, -0.25) is 14.4 Å². The summed E-state index contributed by atoms with van der Waals surface area (Å²) >= 11 is 0. The van der Waals surface area contributed by atoms with Crippen molar-refractivity contribution in [2.45, 2.75) is 19.9 Å². The molecule has 0 saturated heterocycles. The summed E-state index contributed by atoms with van der Waals surface area (Å²) in [7, 11) is 0. The molecule has 124 valence electrons. The number of amides is 2. The van der Waals surface area contributed by atoms with E-state index in [0.717, 1.165) is 0 Å². The van der Waals surface area contributed by atoms with Crippen LogP contribution in [0.25, 0.3) is 10.9 Å². The summed E-state index contributed by atoms with van der Waals surface area (Å²) in [6, 6.07) is 8.20. The van der Waals surface area contributed by atoms with Crippen LogP contribution < -0.4 is 16.1 Å². The molecule has 2 aromatic rings. The summed E-state index contributed by atoms with van der Waals surface area (Å²) in [5, 5.41) is 14.3. The van der Waals surface area contributed by atoms with Crippen molar-refractivity contribution >= 4 is 22.7 Å². The lowest BCUT2D eigenvalue weighted by atomic mass is 10.1. The number of hydrogen-bond donors (Lipinski definition) is 3. The van der Waals surface area contributed by atoms with Crippen LogP contribution in [0.2, 0.25) is 0 Å². The van der Waals surface area contributed by atoms with E-state index in [1.54, 1.807) is 38.1 Å². The molecule has 7 heteroatoms. The molecular formula is C17H18N4O3. The van der Waals surface area contributed by atoms with Crippen LogP contribution in [0.15, 0.2) is 35.3 Å². The third-order valence-electron chi connectivity index (χ3n) is 3.56. The quantitative estimate of drug-likeness (QED) is 0.758. The lowest BCUT2D eigenvalue weighted by molar-refractivity contribution is -0.120. The minimum Gasteiger partial charge on any atom is -0.360 e. The third kappa shape index (κ3) is 3.79. The fourth-order valence-electron chi connectivity index (χ4n) is 2.16. The second-order valence-corrected chi connectivity index (χ2v) is 5.68. The maximum Gasteiger partial charge on any atom is 0.257 e. The van der Waals surface area contributed by atoms with Gasteiger partial charge >= 0.3 is 0 Å². The maximum absolute atomic E-state index is 12.3. The second-order valence-electron chi connectivity index (χ2n) is 5.68. The highest BCUT2D eigenvalue weighted by Crippen LogP contribution is 2.06. The van der Waals surface area contributed by atoms with Crippen LogP contribution in [0, 0.1) is 17.2 Å². The average molecular weight is 326 g/mol. The molecule has 1 aromatic heterocycles. The first kappa shape index (κ1) is 17.2. The Morgan fingerprint density at radius 1 is 1.29 bits per heavy atom. The van der Waals surface area contributed by atoms with E-state index in [2.05, 4.69) is 15.6 Å². The highest BCUT2D eigenvalue weighted by molar-refractivity contribution is 5.98. The number of nitrogens with one attached hydrogen (secondary N) is 3. The van der Waals surface area contributed by atoms with Crippen molar-refractivity contribution in [3.8, 4) is 6.07 Å². The molecule has 0 aliphatic rings. The van der Waals surface area contributed by atoms with Crippen LogP contribution >= 0.6 is 0 Å². The number of para-hydroxylation sites is 1. The van der Waals surface area contributed by atoms with Crippen LogP contribution in [0.1, 0.15) is 24.2 Å². The molecule has 3 N–H and O–H groups in total. The number of carbonyl (C=O) groups excluding carboxylic acids is 2. The normalized spacial score (nSPS) is 11.8. The van der Waals surface area contributed by atoms with E-state index in [0.29, 0.717) is 10.9 Å². The van der Waals surface area contributed by atoms with E-state index in [-0.39, 0.29) is 18.0 Å². The lowest BCUT2D eigenvalue weighted by Gasteiger charge is -2.15. The minimum atomic E-state index is -0.643. The molecule has 24 heavy (non-hydrogen) atoms. The van der Waals surface area contributed by atoms with Gasteiger partial charge < -0.3 is 15.6 Å². The zero-order valence-corrected chi connectivity index (χ0v) is 13.4. The first-order valence-electron chi connectivity index (χ1n) is 7.51. The van der Waals surface area contributed by atoms with Gasteiger partial charge in [0.05, 0.1) is 12.6 Å². The molecule has 0 aliphatic heterocycles. The Bertz CT molecular complexity index is 864. The molecule has 1 heterocycles. The van der Waals surface area contributed by atoms with E-state index >= 15 is 0 Å². The summed E-state index contributed by atoms with van der Waals surface area (Å²) in [6.07, 6.45) is 1.32. The molecule has 0 fully saturated rings. The van der Waals surface area contributed by atoms with Crippen LogP contribution in [-0.4, -0.2) is 29.4 Å². The summed E-state index contributed by atoms with van der Waals surface area (Å²) < 4.78 is 0. The van der Waals surface area contributed by atoms with Crippen molar-refractivity contribution in [1.82, 2.24) is 15.6 Å². The second kappa shape index (κ2) is 7.42. The van der Waals surface area contributed by atoms with E-state index in [4.69, 9.17) is 5.26 Å². The molecule has 0 bridgehead atoms. The largest absolute Gasteiger partial charge is 0.360 e. The summed E-state index contributed by atoms with van der Waals surface area (Å²) in [4.78, 5) is 39.1. The van der Waals surface area contributed by atoms with Gasteiger partial charge in [-0.1, -0.05) is 26.0 Å². The van der Waals surface area contributed by atoms with Crippen molar-refractivity contribution in [3.63, 3.8) is 0 Å². The molecule has 7 nitrogen and oxygen atoms in total. The predicted octanol–water partition coefficient (Wildman–Crippen LogP) is 0.922.